The molecule has 11 nitrogen and oxygen atoms in total. The minimum Gasteiger partial charge on any atom is -0.508 e. The average molecular weight is 579 g/mol. The largest absolute Gasteiger partial charge is 0.508 e. The Labute approximate surface area is 236 Å². The first-order valence-electron chi connectivity index (χ1n) is 12.1. The molecule has 0 aliphatic heterocycles. The number of carbonyl (C=O) groups is 4. The second kappa shape index (κ2) is 15.9. The van der Waals surface area contributed by atoms with Crippen molar-refractivity contribution in [2.24, 2.45) is 5.73 Å². The lowest BCUT2D eigenvalue weighted by Gasteiger charge is -2.24. The van der Waals surface area contributed by atoms with Crippen molar-refractivity contribution >= 4 is 48.1 Å². The van der Waals surface area contributed by atoms with Gasteiger partial charge >= 0.3 is 5.97 Å². The summed E-state index contributed by atoms with van der Waals surface area (Å²) in [4.78, 5) is 50.5. The van der Waals surface area contributed by atoms with E-state index in [-0.39, 0.29) is 36.5 Å². The minimum atomic E-state index is -1.27. The second-order valence-electron chi connectivity index (χ2n) is 8.83. The highest BCUT2D eigenvalue weighted by Gasteiger charge is 2.30. The normalized spacial score (nSPS) is 13.9. The van der Waals surface area contributed by atoms with Crippen LogP contribution in [0.1, 0.15) is 17.5 Å². The molecule has 0 heterocycles. The van der Waals surface area contributed by atoms with Gasteiger partial charge in [-0.1, -0.05) is 24.3 Å². The van der Waals surface area contributed by atoms with Crippen molar-refractivity contribution in [2.45, 2.75) is 43.4 Å². The Morgan fingerprint density at radius 2 is 1.26 bits per heavy atom. The Hall–Kier alpha value is -3.42. The molecule has 39 heavy (non-hydrogen) atoms. The van der Waals surface area contributed by atoms with Gasteiger partial charge in [-0.25, -0.2) is 4.79 Å². The molecule has 0 spiro atoms. The minimum absolute atomic E-state index is 0.0290. The smallest absolute Gasteiger partial charge is 0.326 e. The number of thioether (sulfide) groups is 1. The van der Waals surface area contributed by atoms with Crippen LogP contribution in [0.5, 0.6) is 11.5 Å². The number of carbonyl (C=O) groups excluding carboxylic acids is 3. The molecule has 0 saturated heterocycles. The molecule has 0 radical (unpaired) electrons. The number of amides is 3. The third-order valence-corrected chi connectivity index (χ3v) is 6.79. The Bertz CT molecular complexity index is 1120. The number of aromatic hydroxyl groups is 2. The topological polar surface area (TPSA) is 191 Å². The van der Waals surface area contributed by atoms with E-state index in [0.29, 0.717) is 11.3 Å². The van der Waals surface area contributed by atoms with Crippen molar-refractivity contribution in [2.75, 3.05) is 17.8 Å². The van der Waals surface area contributed by atoms with Crippen molar-refractivity contribution in [3.63, 3.8) is 0 Å². The summed E-state index contributed by atoms with van der Waals surface area (Å²) in [6, 6.07) is 7.75. The number of phenolic OH excluding ortho intramolecular Hbond substituents is 2. The van der Waals surface area contributed by atoms with Gasteiger partial charge in [0.05, 0.1) is 6.04 Å². The molecule has 2 aromatic rings. The van der Waals surface area contributed by atoms with Crippen LogP contribution in [0.4, 0.5) is 0 Å². The van der Waals surface area contributed by atoms with Gasteiger partial charge < -0.3 is 37.0 Å². The van der Waals surface area contributed by atoms with Crippen molar-refractivity contribution < 1.29 is 34.5 Å². The van der Waals surface area contributed by atoms with E-state index < -0.39 is 47.9 Å². The number of carboxylic acid groups (broad SMARTS) is 1. The van der Waals surface area contributed by atoms with E-state index in [1.54, 1.807) is 24.3 Å². The van der Waals surface area contributed by atoms with Gasteiger partial charge in [0.2, 0.25) is 17.7 Å². The summed E-state index contributed by atoms with van der Waals surface area (Å²) in [6.07, 6.45) is 2.19. The zero-order valence-corrected chi connectivity index (χ0v) is 23.1. The van der Waals surface area contributed by atoms with Gasteiger partial charge in [-0.05, 0) is 60.2 Å². The number of benzene rings is 2. The van der Waals surface area contributed by atoms with Crippen LogP contribution < -0.4 is 21.7 Å². The van der Waals surface area contributed by atoms with E-state index in [0.717, 1.165) is 5.56 Å². The number of hydrogen-bond donors (Lipinski definition) is 8. The van der Waals surface area contributed by atoms with Crippen LogP contribution in [-0.2, 0) is 32.0 Å². The molecule has 0 bridgehead atoms. The van der Waals surface area contributed by atoms with Crippen molar-refractivity contribution in [3.05, 3.63) is 59.7 Å². The number of hydrogen-bond acceptors (Lipinski definition) is 9. The molecule has 8 N–H and O–H groups in total. The van der Waals surface area contributed by atoms with E-state index in [1.165, 1.54) is 36.0 Å². The van der Waals surface area contributed by atoms with Crippen molar-refractivity contribution in [1.82, 2.24) is 16.0 Å². The average Bonchev–Trinajstić information content (AvgIpc) is 2.91. The maximum absolute atomic E-state index is 13.0. The van der Waals surface area contributed by atoms with E-state index in [9.17, 15) is 34.5 Å². The maximum atomic E-state index is 13.0. The highest BCUT2D eigenvalue weighted by atomic mass is 32.2. The van der Waals surface area contributed by atoms with E-state index >= 15 is 0 Å². The SMILES string of the molecule is CSCCC(NC(=O)C(CS)NC(=O)C(N)Cc1ccc(O)cc1)C(=O)NC(Cc1ccc(O)cc1)C(=O)O. The molecule has 0 fully saturated rings. The number of thiol groups is 1. The van der Waals surface area contributed by atoms with Crippen LogP contribution in [0.15, 0.2) is 48.5 Å². The number of carboxylic acids is 1. The highest BCUT2D eigenvalue weighted by molar-refractivity contribution is 7.98. The van der Waals surface area contributed by atoms with E-state index in [1.807, 2.05) is 6.26 Å². The molecule has 0 saturated carbocycles. The maximum Gasteiger partial charge on any atom is 0.326 e. The first-order chi connectivity index (χ1) is 18.5. The fraction of sp³-hybridized carbons (Fsp3) is 0.385. The van der Waals surface area contributed by atoms with Gasteiger partial charge in [0.25, 0.3) is 0 Å². The molecule has 212 valence electrons. The summed E-state index contributed by atoms with van der Waals surface area (Å²) in [5, 5.41) is 36.1. The number of nitrogens with one attached hydrogen (secondary N) is 3. The predicted molar refractivity (Wildman–Crippen MR) is 152 cm³/mol. The van der Waals surface area contributed by atoms with Gasteiger partial charge in [-0.15, -0.1) is 0 Å². The zero-order chi connectivity index (χ0) is 28.9. The molecule has 3 amide bonds. The van der Waals surface area contributed by atoms with Crippen LogP contribution in [0.25, 0.3) is 0 Å². The van der Waals surface area contributed by atoms with Crippen LogP contribution in [0.3, 0.4) is 0 Å². The number of rotatable bonds is 15. The fourth-order valence-electron chi connectivity index (χ4n) is 3.57. The quantitative estimate of drug-likeness (QED) is 0.139. The molecule has 13 heteroatoms. The summed E-state index contributed by atoms with van der Waals surface area (Å²) < 4.78 is 0. The van der Waals surface area contributed by atoms with Gasteiger partial charge in [-0.2, -0.15) is 24.4 Å². The zero-order valence-electron chi connectivity index (χ0n) is 21.4. The van der Waals surface area contributed by atoms with Crippen LogP contribution in [0, 0.1) is 0 Å². The summed E-state index contributed by atoms with van der Waals surface area (Å²) in [7, 11) is 0. The Kier molecular flexibility index (Phi) is 12.9. The molecule has 2 rings (SSSR count). The van der Waals surface area contributed by atoms with Crippen LogP contribution in [-0.4, -0.2) is 80.9 Å². The number of aliphatic carboxylic acids is 1. The summed E-state index contributed by atoms with van der Waals surface area (Å²) >= 11 is 5.60. The molecule has 0 aliphatic carbocycles. The highest BCUT2D eigenvalue weighted by Crippen LogP contribution is 2.13. The molecular weight excluding hydrogens is 544 g/mol. The third kappa shape index (κ3) is 10.7. The lowest BCUT2D eigenvalue weighted by atomic mass is 10.0. The second-order valence-corrected chi connectivity index (χ2v) is 10.2. The first-order valence-corrected chi connectivity index (χ1v) is 14.1. The van der Waals surface area contributed by atoms with Gasteiger partial charge in [0.1, 0.15) is 29.6 Å². The molecule has 0 aliphatic rings. The van der Waals surface area contributed by atoms with Crippen molar-refractivity contribution in [3.8, 4) is 11.5 Å². The fourth-order valence-corrected chi connectivity index (χ4v) is 4.30. The summed E-state index contributed by atoms with van der Waals surface area (Å²) in [5.41, 5.74) is 7.30. The molecule has 2 aromatic carbocycles. The van der Waals surface area contributed by atoms with Gasteiger partial charge in [-0.3, -0.25) is 14.4 Å². The van der Waals surface area contributed by atoms with E-state index in [4.69, 9.17) is 5.73 Å². The van der Waals surface area contributed by atoms with Crippen LogP contribution in [0.2, 0.25) is 0 Å². The molecule has 4 unspecified atom stereocenters. The number of nitrogens with two attached hydrogens (primary N) is 1. The predicted octanol–water partition coefficient (Wildman–Crippen LogP) is 0.432. The monoisotopic (exact) mass is 578 g/mol. The molecule has 0 aromatic heterocycles. The number of phenols is 2. The lowest BCUT2D eigenvalue weighted by molar-refractivity contribution is -0.142. The Morgan fingerprint density at radius 3 is 1.74 bits per heavy atom. The Balaban J connectivity index is 2.03. The van der Waals surface area contributed by atoms with Crippen molar-refractivity contribution in [1.29, 1.82) is 0 Å². The lowest BCUT2D eigenvalue weighted by Crippen LogP contribution is -2.58. The molecular formula is C26H34N4O7S2. The van der Waals surface area contributed by atoms with Crippen LogP contribution >= 0.6 is 24.4 Å². The summed E-state index contributed by atoms with van der Waals surface area (Å²) in [5.74, 6) is -2.65. The van der Waals surface area contributed by atoms with Gasteiger partial charge in [0.15, 0.2) is 0 Å². The first kappa shape index (κ1) is 31.8. The third-order valence-electron chi connectivity index (χ3n) is 5.78. The summed E-state index contributed by atoms with van der Waals surface area (Å²) in [6.45, 7) is 0. The van der Waals surface area contributed by atoms with Gasteiger partial charge in [0, 0.05) is 12.2 Å². The van der Waals surface area contributed by atoms with E-state index in [2.05, 4.69) is 28.6 Å². The standard InChI is InChI=1S/C26H34N4O7S2/c1-39-11-10-20(24(34)29-21(26(36)37)13-16-4-8-18(32)9-5-16)28-25(35)22(14-38)30-23(33)19(27)12-15-2-6-17(31)7-3-15/h2-9,19-22,31-32,38H,10-14,27H2,1H3,(H,28,35)(H,29,34)(H,30,33)(H,36,37). The molecule has 4 atom stereocenters. The Morgan fingerprint density at radius 1 is 0.795 bits per heavy atom.